The number of amides is 1. The number of fused-ring (bicyclic) bond motifs is 1. The second-order valence-corrected chi connectivity index (χ2v) is 7.21. The van der Waals surface area contributed by atoms with Gasteiger partial charge in [0.1, 0.15) is 12.3 Å². The quantitative estimate of drug-likeness (QED) is 0.844. The molecule has 0 fully saturated rings. The number of carbonyl (C=O) groups is 1. The number of aryl methyl sites for hydroxylation is 1. The molecule has 1 atom stereocenters. The van der Waals surface area contributed by atoms with Crippen LogP contribution < -0.4 is 15.0 Å². The molecule has 0 radical (unpaired) electrons. The van der Waals surface area contributed by atoms with Gasteiger partial charge in [-0.05, 0) is 43.2 Å². The Balaban J connectivity index is 1.65. The largest absolute Gasteiger partial charge is 0.467 e. The summed E-state index contributed by atoms with van der Waals surface area (Å²) in [5.41, 5.74) is 5.06. The minimum Gasteiger partial charge on any atom is -0.467 e. The smallest absolute Gasteiger partial charge is 0.279 e. The monoisotopic (exact) mass is 375 g/mol. The molecule has 0 bridgehead atoms. The van der Waals surface area contributed by atoms with Crippen LogP contribution in [0.3, 0.4) is 0 Å². The third kappa shape index (κ3) is 4.36. The van der Waals surface area contributed by atoms with Crippen molar-refractivity contribution < 1.29 is 19.2 Å². The number of likely N-dealkylation sites (N-methyl/N-ethyl adjacent to an activating group) is 1. The lowest BCUT2D eigenvalue weighted by atomic mass is 10.1. The number of hydrogen-bond acceptors (Lipinski definition) is 3. The highest BCUT2D eigenvalue weighted by molar-refractivity contribution is 6.30. The van der Waals surface area contributed by atoms with E-state index >= 15 is 0 Å². The summed E-state index contributed by atoms with van der Waals surface area (Å²) in [6.45, 7) is 5.78. The molecule has 0 saturated heterocycles. The Morgan fingerprint density at radius 2 is 2.12 bits per heavy atom. The molecule has 2 N–H and O–H groups in total. The molecule has 2 aromatic rings. The van der Waals surface area contributed by atoms with Gasteiger partial charge in [-0.1, -0.05) is 23.7 Å². The van der Waals surface area contributed by atoms with Gasteiger partial charge in [-0.15, -0.1) is 0 Å². The van der Waals surface area contributed by atoms with Gasteiger partial charge < -0.3 is 19.7 Å². The molecule has 1 unspecified atom stereocenters. The Labute approximate surface area is 158 Å². The number of anilines is 1. The van der Waals surface area contributed by atoms with Crippen molar-refractivity contribution >= 4 is 23.2 Å². The first-order valence-electron chi connectivity index (χ1n) is 8.63. The van der Waals surface area contributed by atoms with E-state index in [4.69, 9.17) is 21.1 Å². The number of nitrogens with one attached hydrogen (secondary N) is 2. The fraction of sp³-hybridized carbons (Fsp3) is 0.350. The molecule has 138 valence electrons. The molecule has 6 heteroatoms. The van der Waals surface area contributed by atoms with Gasteiger partial charge in [-0.2, -0.15) is 0 Å². The molecule has 1 amide bonds. The van der Waals surface area contributed by atoms with Crippen LogP contribution in [0.1, 0.15) is 22.3 Å². The Kier molecular flexibility index (Phi) is 5.81. The lowest BCUT2D eigenvalue weighted by molar-refractivity contribution is -0.885. The highest BCUT2D eigenvalue weighted by Gasteiger charge is 2.20. The Bertz CT molecular complexity index is 823. The minimum atomic E-state index is -0.0173. The van der Waals surface area contributed by atoms with Crippen LogP contribution in [-0.4, -0.2) is 26.3 Å². The molecule has 5 nitrogen and oxygen atoms in total. The molecule has 3 rings (SSSR count). The predicted molar refractivity (Wildman–Crippen MR) is 102 cm³/mol. The second-order valence-electron chi connectivity index (χ2n) is 6.77. The molecule has 1 heterocycles. The van der Waals surface area contributed by atoms with E-state index in [1.54, 1.807) is 0 Å². The maximum absolute atomic E-state index is 12.4. The first-order chi connectivity index (χ1) is 12.4. The van der Waals surface area contributed by atoms with Gasteiger partial charge in [0.15, 0.2) is 13.3 Å². The number of rotatable bonds is 5. The van der Waals surface area contributed by atoms with Crippen molar-refractivity contribution in [2.45, 2.75) is 27.0 Å². The number of halogens is 1. The third-order valence-corrected chi connectivity index (χ3v) is 4.80. The van der Waals surface area contributed by atoms with E-state index in [0.29, 0.717) is 24.7 Å². The maximum Gasteiger partial charge on any atom is 0.279 e. The van der Waals surface area contributed by atoms with Gasteiger partial charge >= 0.3 is 0 Å². The molecule has 0 aliphatic carbocycles. The number of quaternary nitrogens is 1. The van der Waals surface area contributed by atoms with Gasteiger partial charge in [0.2, 0.25) is 0 Å². The van der Waals surface area contributed by atoms with Crippen molar-refractivity contribution in [1.82, 2.24) is 0 Å². The third-order valence-electron chi connectivity index (χ3n) is 4.58. The van der Waals surface area contributed by atoms with E-state index in [2.05, 4.69) is 5.32 Å². The fourth-order valence-electron chi connectivity index (χ4n) is 3.13. The van der Waals surface area contributed by atoms with E-state index in [-0.39, 0.29) is 12.7 Å². The van der Waals surface area contributed by atoms with Crippen LogP contribution in [0.25, 0.3) is 0 Å². The van der Waals surface area contributed by atoms with Gasteiger partial charge in [0.25, 0.3) is 5.91 Å². The minimum absolute atomic E-state index is 0.0173. The molecular formula is C20H24ClN2O3+. The van der Waals surface area contributed by atoms with Crippen LogP contribution in [-0.2, 0) is 22.7 Å². The number of hydrogen-bond donors (Lipinski definition) is 2. The van der Waals surface area contributed by atoms with Gasteiger partial charge in [0.05, 0.1) is 19.2 Å². The topological polar surface area (TPSA) is 52.0 Å². The van der Waals surface area contributed by atoms with Crippen molar-refractivity contribution in [3.05, 3.63) is 57.6 Å². The van der Waals surface area contributed by atoms with E-state index in [0.717, 1.165) is 38.6 Å². The summed E-state index contributed by atoms with van der Waals surface area (Å²) in [4.78, 5) is 13.5. The van der Waals surface area contributed by atoms with E-state index in [9.17, 15) is 4.79 Å². The lowest BCUT2D eigenvalue weighted by Gasteiger charge is -2.22. The summed E-state index contributed by atoms with van der Waals surface area (Å²) in [6.07, 6.45) is 0. The van der Waals surface area contributed by atoms with Crippen molar-refractivity contribution in [2.24, 2.45) is 0 Å². The van der Waals surface area contributed by atoms with Crippen LogP contribution in [0.15, 0.2) is 30.3 Å². The average Bonchev–Trinajstić information content (AvgIpc) is 2.58. The van der Waals surface area contributed by atoms with Crippen molar-refractivity contribution in [1.29, 1.82) is 0 Å². The Morgan fingerprint density at radius 3 is 2.92 bits per heavy atom. The van der Waals surface area contributed by atoms with Crippen LogP contribution in [0, 0.1) is 13.8 Å². The molecule has 1 aliphatic heterocycles. The summed E-state index contributed by atoms with van der Waals surface area (Å²) >= 11 is 6.21. The molecule has 0 spiro atoms. The van der Waals surface area contributed by atoms with Crippen LogP contribution in [0.2, 0.25) is 5.02 Å². The number of ether oxygens (including phenoxy) is 2. The number of carbonyl (C=O) groups excluding carboxylic acids is 1. The van der Waals surface area contributed by atoms with Crippen molar-refractivity contribution in [3.8, 4) is 5.75 Å². The van der Waals surface area contributed by atoms with Crippen LogP contribution >= 0.6 is 11.6 Å². The number of benzene rings is 2. The zero-order valence-corrected chi connectivity index (χ0v) is 16.1. The van der Waals surface area contributed by atoms with E-state index in [1.165, 1.54) is 0 Å². The Morgan fingerprint density at radius 1 is 1.31 bits per heavy atom. The molecular weight excluding hydrogens is 352 g/mol. The first-order valence-corrected chi connectivity index (χ1v) is 9.01. The lowest BCUT2D eigenvalue weighted by Crippen LogP contribution is -3.08. The molecule has 2 aromatic carbocycles. The SMILES string of the molecule is Cc1cccc(NC(=O)C[NH+](C)Cc2cc(Cl)cc3c2OCOC3)c1C. The normalized spacial score (nSPS) is 14.3. The van der Waals surface area contributed by atoms with Crippen LogP contribution in [0.5, 0.6) is 5.75 Å². The molecule has 26 heavy (non-hydrogen) atoms. The van der Waals surface area contributed by atoms with Crippen LogP contribution in [0.4, 0.5) is 5.69 Å². The average molecular weight is 376 g/mol. The predicted octanol–water partition coefficient (Wildman–Crippen LogP) is 2.48. The summed E-state index contributed by atoms with van der Waals surface area (Å²) in [5.74, 6) is 0.811. The summed E-state index contributed by atoms with van der Waals surface area (Å²) in [5, 5.41) is 3.66. The second kappa shape index (κ2) is 8.08. The van der Waals surface area contributed by atoms with Gasteiger partial charge in [0, 0.05) is 16.3 Å². The Hall–Kier alpha value is -2.08. The highest BCUT2D eigenvalue weighted by atomic mass is 35.5. The summed E-state index contributed by atoms with van der Waals surface area (Å²) < 4.78 is 11.0. The van der Waals surface area contributed by atoms with E-state index < -0.39 is 0 Å². The van der Waals surface area contributed by atoms with Gasteiger partial charge in [-0.25, -0.2) is 0 Å². The zero-order chi connectivity index (χ0) is 18.7. The zero-order valence-electron chi connectivity index (χ0n) is 15.3. The summed E-state index contributed by atoms with van der Waals surface area (Å²) in [7, 11) is 1.98. The first kappa shape index (κ1) is 18.7. The molecule has 0 aromatic heterocycles. The van der Waals surface area contributed by atoms with Crippen molar-refractivity contribution in [2.75, 3.05) is 25.7 Å². The van der Waals surface area contributed by atoms with Crippen molar-refractivity contribution in [3.63, 3.8) is 0 Å². The highest BCUT2D eigenvalue weighted by Crippen LogP contribution is 2.31. The van der Waals surface area contributed by atoms with E-state index in [1.807, 2.05) is 51.2 Å². The standard InChI is InChI=1S/C20H23ClN2O3/c1-13-5-4-6-18(14(13)2)22-19(24)10-23(3)9-15-7-17(21)8-16-11-25-12-26-20(15)16/h4-8H,9-12H2,1-3H3,(H,22,24)/p+1. The van der Waals surface area contributed by atoms with Gasteiger partial charge in [-0.3, -0.25) is 4.79 Å². The molecule has 1 aliphatic rings. The summed E-state index contributed by atoms with van der Waals surface area (Å²) in [6, 6.07) is 9.68. The fourth-order valence-corrected chi connectivity index (χ4v) is 3.39. The maximum atomic E-state index is 12.4. The molecule has 0 saturated carbocycles.